The van der Waals surface area contributed by atoms with E-state index in [1.807, 2.05) is 11.4 Å². The van der Waals surface area contributed by atoms with Crippen molar-refractivity contribution in [3.8, 4) is 0 Å². The van der Waals surface area contributed by atoms with Crippen molar-refractivity contribution in [3.63, 3.8) is 0 Å². The van der Waals surface area contributed by atoms with Gasteiger partial charge in [0.25, 0.3) is 0 Å². The zero-order valence-corrected chi connectivity index (χ0v) is 17.2. The van der Waals surface area contributed by atoms with Crippen molar-refractivity contribution in [1.29, 1.82) is 0 Å². The highest BCUT2D eigenvalue weighted by atomic mass is 32.1. The summed E-state index contributed by atoms with van der Waals surface area (Å²) in [6, 6.07) is 9.69. The maximum absolute atomic E-state index is 13.3. The zero-order valence-electron chi connectivity index (χ0n) is 16.4. The van der Waals surface area contributed by atoms with Crippen LogP contribution in [-0.2, 0) is 9.59 Å². The van der Waals surface area contributed by atoms with Gasteiger partial charge in [-0.3, -0.25) is 14.4 Å². The van der Waals surface area contributed by atoms with E-state index in [0.29, 0.717) is 10.8 Å². The van der Waals surface area contributed by atoms with Crippen molar-refractivity contribution in [2.75, 3.05) is 0 Å². The van der Waals surface area contributed by atoms with Gasteiger partial charge >= 0.3 is 0 Å². The molecule has 0 spiro atoms. The molecule has 1 amide bonds. The summed E-state index contributed by atoms with van der Waals surface area (Å²) in [7, 11) is 0. The van der Waals surface area contributed by atoms with Crippen LogP contribution in [0.25, 0.3) is 0 Å². The number of benzene rings is 1. The van der Waals surface area contributed by atoms with Crippen molar-refractivity contribution in [3.05, 3.63) is 58.0 Å². The van der Waals surface area contributed by atoms with E-state index in [4.69, 9.17) is 0 Å². The molecule has 29 heavy (non-hydrogen) atoms. The summed E-state index contributed by atoms with van der Waals surface area (Å²) in [5, 5.41) is 4.89. The van der Waals surface area contributed by atoms with Crippen LogP contribution < -0.4 is 5.32 Å². The Kier molecular flexibility index (Phi) is 7.69. The van der Waals surface area contributed by atoms with Crippen molar-refractivity contribution in [2.45, 2.75) is 57.4 Å². The van der Waals surface area contributed by atoms with E-state index in [9.17, 15) is 18.8 Å². The molecule has 0 aliphatic heterocycles. The number of halogens is 1. The zero-order chi connectivity index (χ0) is 20.6. The number of Topliss-reactive ketones (excluding diaryl/α,β-unsaturated/α-hetero) is 2. The molecule has 1 aliphatic carbocycles. The Labute approximate surface area is 174 Å². The number of rotatable bonds is 10. The molecule has 4 nitrogen and oxygen atoms in total. The summed E-state index contributed by atoms with van der Waals surface area (Å²) < 4.78 is 13.3. The Morgan fingerprint density at radius 1 is 1.00 bits per heavy atom. The molecule has 0 radical (unpaired) electrons. The molecule has 2 aromatic rings. The van der Waals surface area contributed by atoms with Crippen LogP contribution in [0.2, 0.25) is 0 Å². The fourth-order valence-electron chi connectivity index (χ4n) is 3.87. The Morgan fingerprint density at radius 3 is 2.34 bits per heavy atom. The van der Waals surface area contributed by atoms with Crippen LogP contribution in [0.3, 0.4) is 0 Å². The van der Waals surface area contributed by atoms with Crippen LogP contribution in [0.1, 0.15) is 72.6 Å². The predicted molar refractivity (Wildman–Crippen MR) is 111 cm³/mol. The number of carbonyl (C=O) groups excluding carboxylic acids is 3. The highest BCUT2D eigenvalue weighted by molar-refractivity contribution is 7.12. The van der Waals surface area contributed by atoms with Crippen LogP contribution in [0.15, 0.2) is 41.8 Å². The molecule has 1 saturated carbocycles. The van der Waals surface area contributed by atoms with Crippen molar-refractivity contribution < 1.29 is 18.8 Å². The average molecular weight is 416 g/mol. The normalized spacial score (nSPS) is 15.2. The van der Waals surface area contributed by atoms with Gasteiger partial charge in [0.2, 0.25) is 5.91 Å². The largest absolute Gasteiger partial charge is 0.349 e. The highest BCUT2D eigenvalue weighted by Gasteiger charge is 2.27. The summed E-state index contributed by atoms with van der Waals surface area (Å²) in [6.45, 7) is 0. The second kappa shape index (κ2) is 10.4. The van der Waals surface area contributed by atoms with Crippen molar-refractivity contribution >= 4 is 28.8 Å². The molecule has 3 rings (SSSR count). The van der Waals surface area contributed by atoms with Gasteiger partial charge in [-0.25, -0.2) is 4.39 Å². The highest BCUT2D eigenvalue weighted by Crippen LogP contribution is 2.35. The molecular weight excluding hydrogens is 389 g/mol. The van der Waals surface area contributed by atoms with Gasteiger partial charge in [0.15, 0.2) is 5.78 Å². The quantitative estimate of drug-likeness (QED) is 0.539. The number of hydrogen-bond acceptors (Lipinski definition) is 4. The smallest absolute Gasteiger partial charge is 0.220 e. The molecule has 1 N–H and O–H groups in total. The fraction of sp³-hybridized carbons (Fsp3) is 0.435. The first-order chi connectivity index (χ1) is 14.0. The molecule has 0 bridgehead atoms. The number of nitrogens with one attached hydrogen (secondary N) is 1. The lowest BCUT2D eigenvalue weighted by Gasteiger charge is -2.25. The van der Waals surface area contributed by atoms with E-state index in [2.05, 4.69) is 5.32 Å². The third kappa shape index (κ3) is 6.32. The molecule has 1 heterocycles. The second-order valence-electron chi connectivity index (χ2n) is 7.58. The molecule has 1 fully saturated rings. The lowest BCUT2D eigenvalue weighted by molar-refractivity contribution is -0.126. The van der Waals surface area contributed by atoms with Gasteiger partial charge in [0.1, 0.15) is 11.6 Å². The Hall–Kier alpha value is -2.34. The van der Waals surface area contributed by atoms with Gasteiger partial charge in [-0.2, -0.15) is 0 Å². The molecule has 1 aliphatic rings. The first-order valence-electron chi connectivity index (χ1n) is 10.2. The van der Waals surface area contributed by atoms with Gasteiger partial charge in [-0.1, -0.05) is 31.0 Å². The third-order valence-corrected chi connectivity index (χ3v) is 6.39. The van der Waals surface area contributed by atoms with E-state index in [-0.39, 0.29) is 55.0 Å². The Balaban J connectivity index is 1.48. The average Bonchev–Trinajstić information content (AvgIpc) is 3.43. The van der Waals surface area contributed by atoms with Gasteiger partial charge < -0.3 is 5.32 Å². The SMILES string of the molecule is O=C(CCC(=O)NC(c1ccc(F)cc1)C1CCCC1)CCC(=O)c1cccs1. The maximum Gasteiger partial charge on any atom is 0.220 e. The van der Waals surface area contributed by atoms with Crippen molar-refractivity contribution in [1.82, 2.24) is 5.32 Å². The summed E-state index contributed by atoms with van der Waals surface area (Å²) in [5.74, 6) is -0.250. The van der Waals surface area contributed by atoms with Gasteiger partial charge in [0.05, 0.1) is 10.9 Å². The summed E-state index contributed by atoms with van der Waals surface area (Å²) in [4.78, 5) is 37.2. The molecule has 1 unspecified atom stereocenters. The number of hydrogen-bond donors (Lipinski definition) is 1. The van der Waals surface area contributed by atoms with Gasteiger partial charge in [-0.05, 0) is 47.9 Å². The van der Waals surface area contributed by atoms with Crippen LogP contribution in [-0.4, -0.2) is 17.5 Å². The van der Waals surface area contributed by atoms with Crippen molar-refractivity contribution in [2.24, 2.45) is 5.92 Å². The number of carbonyl (C=O) groups is 3. The molecule has 1 atom stereocenters. The Morgan fingerprint density at radius 2 is 1.69 bits per heavy atom. The van der Waals surface area contributed by atoms with E-state index in [0.717, 1.165) is 31.2 Å². The first kappa shape index (κ1) is 21.4. The van der Waals surface area contributed by atoms with Gasteiger partial charge in [0, 0.05) is 25.7 Å². The van der Waals surface area contributed by atoms with Crippen LogP contribution in [0.4, 0.5) is 4.39 Å². The Bertz CT molecular complexity index is 826. The summed E-state index contributed by atoms with van der Waals surface area (Å²) in [6.07, 6.45) is 4.91. The van der Waals surface area contributed by atoms with Crippen LogP contribution in [0, 0.1) is 11.7 Å². The molecule has 0 saturated heterocycles. The van der Waals surface area contributed by atoms with E-state index in [1.165, 1.54) is 23.5 Å². The topological polar surface area (TPSA) is 63.2 Å². The molecule has 1 aromatic carbocycles. The van der Waals surface area contributed by atoms with Crippen LogP contribution in [0.5, 0.6) is 0 Å². The molecular formula is C23H26FNO3S. The minimum Gasteiger partial charge on any atom is -0.349 e. The molecule has 1 aromatic heterocycles. The molecule has 154 valence electrons. The minimum absolute atomic E-state index is 0.0320. The number of amides is 1. The lowest BCUT2D eigenvalue weighted by atomic mass is 9.91. The summed E-state index contributed by atoms with van der Waals surface area (Å²) >= 11 is 1.37. The lowest BCUT2D eigenvalue weighted by Crippen LogP contribution is -2.33. The minimum atomic E-state index is -0.298. The fourth-order valence-corrected chi connectivity index (χ4v) is 4.57. The molecule has 6 heteroatoms. The van der Waals surface area contributed by atoms with Gasteiger partial charge in [-0.15, -0.1) is 11.3 Å². The maximum atomic E-state index is 13.3. The van der Waals surface area contributed by atoms with E-state index < -0.39 is 0 Å². The number of ketones is 2. The monoisotopic (exact) mass is 415 g/mol. The standard InChI is InChI=1S/C23H26FNO3S/c24-18-9-7-17(8-10-18)23(16-4-1-2-5-16)25-22(28)14-12-19(26)11-13-20(27)21-6-3-15-29-21/h3,6-10,15-16,23H,1-2,4-5,11-14H2,(H,25,28). The first-order valence-corrected chi connectivity index (χ1v) is 11.0. The second-order valence-corrected chi connectivity index (χ2v) is 8.53. The van der Waals surface area contributed by atoms with E-state index >= 15 is 0 Å². The predicted octanol–water partition coefficient (Wildman–Crippen LogP) is 5.25. The third-order valence-electron chi connectivity index (χ3n) is 5.47. The van der Waals surface area contributed by atoms with Crippen LogP contribution >= 0.6 is 11.3 Å². The number of thiophene rings is 1. The van der Waals surface area contributed by atoms with E-state index in [1.54, 1.807) is 18.2 Å². The summed E-state index contributed by atoms with van der Waals surface area (Å²) in [5.41, 5.74) is 0.902.